The molecular formula is C18H26N6O2. The van der Waals surface area contributed by atoms with Crippen LogP contribution in [-0.2, 0) is 17.9 Å². The molecule has 1 aliphatic heterocycles. The van der Waals surface area contributed by atoms with Gasteiger partial charge in [-0.15, -0.1) is 0 Å². The number of hydrogen-bond acceptors (Lipinski definition) is 5. The average molecular weight is 358 g/mol. The number of likely N-dealkylation sites (N-methyl/N-ethyl adjacent to an activating group) is 1. The zero-order valence-electron chi connectivity index (χ0n) is 15.1. The maximum atomic E-state index is 12.4. The molecule has 1 fully saturated rings. The third-order valence-corrected chi connectivity index (χ3v) is 4.84. The van der Waals surface area contributed by atoms with Crippen molar-refractivity contribution in [3.05, 3.63) is 46.6 Å². The zero-order valence-corrected chi connectivity index (χ0v) is 15.1. The Kier molecular flexibility index (Phi) is 5.72. The molecule has 0 spiro atoms. The van der Waals surface area contributed by atoms with Crippen molar-refractivity contribution in [3.8, 4) is 0 Å². The Bertz CT molecular complexity index is 785. The molecule has 3 N–H and O–H groups in total. The van der Waals surface area contributed by atoms with E-state index in [1.54, 1.807) is 0 Å². The normalized spacial score (nSPS) is 17.2. The molecule has 26 heavy (non-hydrogen) atoms. The second kappa shape index (κ2) is 8.18. The molecule has 3 rings (SSSR count). The summed E-state index contributed by atoms with van der Waals surface area (Å²) in [7, 11) is 1.99. The molecule has 2 aromatic rings. The predicted octanol–water partition coefficient (Wildman–Crippen LogP) is 0.667. The van der Waals surface area contributed by atoms with E-state index in [0.717, 1.165) is 32.5 Å². The standard InChI is InChI=1S/C18H26N6O2/c1-22(12-14-11-16(25)21-18(19)20-14)15-6-10-24(13-15)17(26)5-4-9-23-7-2-3-8-23/h2-3,7-8,11,15H,4-6,9-10,12-13H2,1H3,(H3,19,20,21,25). The molecule has 0 aromatic carbocycles. The van der Waals surface area contributed by atoms with E-state index in [4.69, 9.17) is 5.73 Å². The van der Waals surface area contributed by atoms with Crippen LogP contribution >= 0.6 is 0 Å². The molecule has 1 atom stereocenters. The highest BCUT2D eigenvalue weighted by Gasteiger charge is 2.28. The largest absolute Gasteiger partial charge is 0.369 e. The van der Waals surface area contributed by atoms with Gasteiger partial charge in [0, 0.05) is 57.1 Å². The molecule has 140 valence electrons. The van der Waals surface area contributed by atoms with Crippen LogP contribution in [0.4, 0.5) is 5.95 Å². The van der Waals surface area contributed by atoms with Gasteiger partial charge in [0.1, 0.15) is 0 Å². The summed E-state index contributed by atoms with van der Waals surface area (Å²) in [4.78, 5) is 34.6. The summed E-state index contributed by atoms with van der Waals surface area (Å²) >= 11 is 0. The van der Waals surface area contributed by atoms with Crippen molar-refractivity contribution in [2.45, 2.75) is 38.4 Å². The van der Waals surface area contributed by atoms with Gasteiger partial charge in [0.15, 0.2) is 0 Å². The van der Waals surface area contributed by atoms with Crippen LogP contribution in [0, 0.1) is 0 Å². The topological polar surface area (TPSA) is 100 Å². The summed E-state index contributed by atoms with van der Waals surface area (Å²) in [5.74, 6) is 0.346. The predicted molar refractivity (Wildman–Crippen MR) is 99.4 cm³/mol. The van der Waals surface area contributed by atoms with Crippen molar-refractivity contribution in [1.82, 2.24) is 24.3 Å². The molecule has 0 bridgehead atoms. The molecule has 1 aliphatic rings. The number of aromatic nitrogens is 3. The number of aromatic amines is 1. The van der Waals surface area contributed by atoms with Gasteiger partial charge in [0.05, 0.1) is 5.69 Å². The number of carbonyl (C=O) groups excluding carboxylic acids is 1. The van der Waals surface area contributed by atoms with Crippen LogP contribution in [0.5, 0.6) is 0 Å². The first-order valence-electron chi connectivity index (χ1n) is 8.96. The number of H-pyrrole nitrogens is 1. The number of nitrogen functional groups attached to an aromatic ring is 1. The van der Waals surface area contributed by atoms with Gasteiger partial charge in [0.25, 0.3) is 5.56 Å². The molecule has 8 heteroatoms. The monoisotopic (exact) mass is 358 g/mol. The molecule has 3 heterocycles. The molecule has 8 nitrogen and oxygen atoms in total. The lowest BCUT2D eigenvalue weighted by Gasteiger charge is -2.24. The highest BCUT2D eigenvalue weighted by molar-refractivity contribution is 5.76. The molecular weight excluding hydrogens is 332 g/mol. The quantitative estimate of drug-likeness (QED) is 0.758. The maximum absolute atomic E-state index is 12.4. The van der Waals surface area contributed by atoms with Crippen LogP contribution in [-0.4, -0.2) is 56.4 Å². The molecule has 0 aliphatic carbocycles. The van der Waals surface area contributed by atoms with Crippen molar-refractivity contribution in [3.63, 3.8) is 0 Å². The first-order valence-corrected chi connectivity index (χ1v) is 8.96. The van der Waals surface area contributed by atoms with Gasteiger partial charge in [0.2, 0.25) is 11.9 Å². The Balaban J connectivity index is 1.46. The van der Waals surface area contributed by atoms with Crippen LogP contribution in [0.2, 0.25) is 0 Å². The number of carbonyl (C=O) groups is 1. The zero-order chi connectivity index (χ0) is 18.5. The van der Waals surface area contributed by atoms with E-state index in [2.05, 4.69) is 19.4 Å². The third kappa shape index (κ3) is 4.72. The summed E-state index contributed by atoms with van der Waals surface area (Å²) in [6, 6.07) is 5.72. The minimum atomic E-state index is -0.244. The minimum absolute atomic E-state index is 0.131. The number of aryl methyl sites for hydroxylation is 1. The van der Waals surface area contributed by atoms with Crippen LogP contribution in [0.1, 0.15) is 25.0 Å². The number of nitrogens with two attached hydrogens (primary N) is 1. The second-order valence-corrected chi connectivity index (χ2v) is 6.84. The first-order chi connectivity index (χ1) is 12.5. The summed E-state index contributed by atoms with van der Waals surface area (Å²) in [5, 5.41) is 0. The molecule has 1 amide bonds. The minimum Gasteiger partial charge on any atom is -0.369 e. The van der Waals surface area contributed by atoms with Gasteiger partial charge in [-0.05, 0) is 32.0 Å². The number of hydrogen-bond donors (Lipinski definition) is 2. The second-order valence-electron chi connectivity index (χ2n) is 6.84. The van der Waals surface area contributed by atoms with Crippen LogP contribution in [0.25, 0.3) is 0 Å². The lowest BCUT2D eigenvalue weighted by molar-refractivity contribution is -0.130. The van der Waals surface area contributed by atoms with Crippen molar-refractivity contribution in [2.75, 3.05) is 25.9 Å². The summed E-state index contributed by atoms with van der Waals surface area (Å²) in [5.41, 5.74) is 5.99. The van der Waals surface area contributed by atoms with Gasteiger partial charge in [-0.1, -0.05) is 0 Å². The van der Waals surface area contributed by atoms with Crippen LogP contribution in [0.3, 0.4) is 0 Å². The third-order valence-electron chi connectivity index (χ3n) is 4.84. The van der Waals surface area contributed by atoms with Crippen LogP contribution < -0.4 is 11.3 Å². The Morgan fingerprint density at radius 3 is 2.92 bits per heavy atom. The fourth-order valence-electron chi connectivity index (χ4n) is 3.41. The lowest BCUT2D eigenvalue weighted by Crippen LogP contribution is -2.36. The fraction of sp³-hybridized carbons (Fsp3) is 0.500. The van der Waals surface area contributed by atoms with Gasteiger partial charge in [-0.25, -0.2) is 4.98 Å². The van der Waals surface area contributed by atoms with Gasteiger partial charge >= 0.3 is 0 Å². The molecule has 2 aromatic heterocycles. The first kappa shape index (κ1) is 18.2. The summed E-state index contributed by atoms with van der Waals surface area (Å²) in [6.07, 6.45) is 6.38. The van der Waals surface area contributed by atoms with E-state index in [9.17, 15) is 9.59 Å². The van der Waals surface area contributed by atoms with Crippen molar-refractivity contribution < 1.29 is 4.79 Å². The Morgan fingerprint density at radius 2 is 2.19 bits per heavy atom. The highest BCUT2D eigenvalue weighted by Crippen LogP contribution is 2.17. The summed E-state index contributed by atoms with van der Waals surface area (Å²) < 4.78 is 2.09. The molecule has 1 unspecified atom stereocenters. The van der Waals surface area contributed by atoms with Gasteiger partial charge in [-0.2, -0.15) is 0 Å². The van der Waals surface area contributed by atoms with E-state index in [0.29, 0.717) is 18.7 Å². The van der Waals surface area contributed by atoms with Crippen molar-refractivity contribution >= 4 is 11.9 Å². The summed E-state index contributed by atoms with van der Waals surface area (Å²) in [6.45, 7) is 2.90. The number of rotatable bonds is 7. The number of anilines is 1. The Hall–Kier alpha value is -2.61. The van der Waals surface area contributed by atoms with E-state index < -0.39 is 0 Å². The average Bonchev–Trinajstić information content (AvgIpc) is 3.25. The number of nitrogens with zero attached hydrogens (tertiary/aromatic N) is 4. The van der Waals surface area contributed by atoms with Gasteiger partial charge < -0.3 is 15.2 Å². The Morgan fingerprint density at radius 1 is 1.42 bits per heavy atom. The fourth-order valence-corrected chi connectivity index (χ4v) is 3.41. The molecule has 0 radical (unpaired) electrons. The van der Waals surface area contributed by atoms with Gasteiger partial charge in [-0.3, -0.25) is 19.5 Å². The Labute approximate surface area is 152 Å². The maximum Gasteiger partial charge on any atom is 0.252 e. The smallest absolute Gasteiger partial charge is 0.252 e. The highest BCUT2D eigenvalue weighted by atomic mass is 16.2. The van der Waals surface area contributed by atoms with E-state index in [1.807, 2.05) is 36.5 Å². The lowest BCUT2D eigenvalue weighted by atomic mass is 10.2. The molecule has 1 saturated heterocycles. The van der Waals surface area contributed by atoms with Crippen molar-refractivity contribution in [1.29, 1.82) is 0 Å². The number of amides is 1. The molecule has 0 saturated carbocycles. The number of nitrogens with one attached hydrogen (secondary N) is 1. The number of likely N-dealkylation sites (tertiary alicyclic amines) is 1. The van der Waals surface area contributed by atoms with Crippen LogP contribution in [0.15, 0.2) is 35.4 Å². The van der Waals surface area contributed by atoms with E-state index >= 15 is 0 Å². The van der Waals surface area contributed by atoms with Crippen molar-refractivity contribution in [2.24, 2.45) is 0 Å². The van der Waals surface area contributed by atoms with E-state index in [-0.39, 0.29) is 23.5 Å². The van der Waals surface area contributed by atoms with E-state index in [1.165, 1.54) is 6.07 Å². The SMILES string of the molecule is CN(Cc1cc(=O)[nH]c(N)n1)C1CCN(C(=O)CCCn2cccc2)C1.